The molecule has 0 fully saturated rings. The summed E-state index contributed by atoms with van der Waals surface area (Å²) in [7, 11) is 0. The zero-order valence-corrected chi connectivity index (χ0v) is 15.0. The van der Waals surface area contributed by atoms with E-state index in [4.69, 9.17) is 10.00 Å². The van der Waals surface area contributed by atoms with Crippen molar-refractivity contribution in [2.24, 2.45) is 0 Å². The molecule has 1 heterocycles. The number of carbonyl (C=O) groups is 3. The Hall–Kier alpha value is -3.31. The van der Waals surface area contributed by atoms with Crippen LogP contribution >= 0.6 is 11.8 Å². The van der Waals surface area contributed by atoms with E-state index in [-0.39, 0.29) is 11.5 Å². The molecule has 0 aromatic heterocycles. The van der Waals surface area contributed by atoms with Crippen molar-refractivity contribution in [2.45, 2.75) is 11.3 Å². The summed E-state index contributed by atoms with van der Waals surface area (Å²) in [6.07, 6.45) is 0.409. The van der Waals surface area contributed by atoms with Crippen molar-refractivity contribution in [3.05, 3.63) is 53.6 Å². The van der Waals surface area contributed by atoms with Gasteiger partial charge < -0.3 is 15.4 Å². The average Bonchev–Trinajstić information content (AvgIpc) is 2.86. The molecular formula is C19H15N3O4S. The molecule has 0 spiro atoms. The van der Waals surface area contributed by atoms with Gasteiger partial charge in [-0.05, 0) is 36.4 Å². The molecule has 3 rings (SSSR count). The maximum atomic E-state index is 12.2. The minimum Gasteiger partial charge on any atom is -0.452 e. The lowest BCUT2D eigenvalue weighted by Gasteiger charge is -2.09. The van der Waals surface area contributed by atoms with Gasteiger partial charge in [-0.15, -0.1) is 11.8 Å². The lowest BCUT2D eigenvalue weighted by atomic mass is 10.2. The van der Waals surface area contributed by atoms with Gasteiger partial charge in [0.25, 0.3) is 5.91 Å². The SMILES string of the molecule is N#Cc1cccc(NC(=O)COC(=O)c2ccc3c(c2)NC(=O)CCS3)c1. The van der Waals surface area contributed by atoms with E-state index in [2.05, 4.69) is 10.6 Å². The number of nitriles is 1. The Morgan fingerprint density at radius 3 is 2.93 bits per heavy atom. The molecule has 1 aliphatic heterocycles. The lowest BCUT2D eigenvalue weighted by molar-refractivity contribution is -0.119. The zero-order chi connectivity index (χ0) is 19.2. The second kappa shape index (κ2) is 8.38. The van der Waals surface area contributed by atoms with Crippen LogP contribution in [0, 0.1) is 11.3 Å². The van der Waals surface area contributed by atoms with E-state index in [0.717, 1.165) is 4.90 Å². The minimum atomic E-state index is -0.665. The summed E-state index contributed by atoms with van der Waals surface area (Å²) in [5.41, 5.74) is 1.67. The molecule has 136 valence electrons. The lowest BCUT2D eigenvalue weighted by Crippen LogP contribution is -2.21. The number of amides is 2. The summed E-state index contributed by atoms with van der Waals surface area (Å²) in [6, 6.07) is 13.3. The maximum absolute atomic E-state index is 12.2. The zero-order valence-electron chi connectivity index (χ0n) is 14.2. The summed E-state index contributed by atoms with van der Waals surface area (Å²) < 4.78 is 5.03. The molecule has 0 radical (unpaired) electrons. The normalized spacial score (nSPS) is 12.8. The number of nitrogens with one attached hydrogen (secondary N) is 2. The van der Waals surface area contributed by atoms with Crippen LogP contribution in [0.5, 0.6) is 0 Å². The molecule has 0 aliphatic carbocycles. The predicted molar refractivity (Wildman–Crippen MR) is 100 cm³/mol. The number of benzene rings is 2. The third-order valence-corrected chi connectivity index (χ3v) is 4.76. The molecule has 27 heavy (non-hydrogen) atoms. The molecule has 7 nitrogen and oxygen atoms in total. The fourth-order valence-corrected chi connectivity index (χ4v) is 3.36. The van der Waals surface area contributed by atoms with Crippen molar-refractivity contribution < 1.29 is 19.1 Å². The summed E-state index contributed by atoms with van der Waals surface area (Å²) in [4.78, 5) is 36.7. The molecule has 8 heteroatoms. The number of esters is 1. The van der Waals surface area contributed by atoms with E-state index < -0.39 is 18.5 Å². The number of hydrogen-bond donors (Lipinski definition) is 2. The Morgan fingerprint density at radius 2 is 2.11 bits per heavy atom. The number of ether oxygens (including phenoxy) is 1. The first-order valence-electron chi connectivity index (χ1n) is 8.09. The van der Waals surface area contributed by atoms with Gasteiger partial charge in [0.2, 0.25) is 5.91 Å². The Kier molecular flexibility index (Phi) is 5.74. The molecule has 1 aliphatic rings. The van der Waals surface area contributed by atoms with E-state index in [1.165, 1.54) is 17.8 Å². The van der Waals surface area contributed by atoms with Crippen molar-refractivity contribution in [1.29, 1.82) is 5.26 Å². The average molecular weight is 381 g/mol. The maximum Gasteiger partial charge on any atom is 0.338 e. The third-order valence-electron chi connectivity index (χ3n) is 3.69. The molecule has 2 N–H and O–H groups in total. The van der Waals surface area contributed by atoms with Crippen LogP contribution in [-0.2, 0) is 14.3 Å². The number of nitrogens with zero attached hydrogens (tertiary/aromatic N) is 1. The Morgan fingerprint density at radius 1 is 1.26 bits per heavy atom. The van der Waals surface area contributed by atoms with Gasteiger partial charge >= 0.3 is 5.97 Å². The van der Waals surface area contributed by atoms with Crippen LogP contribution < -0.4 is 10.6 Å². The van der Waals surface area contributed by atoms with Crippen LogP contribution in [-0.4, -0.2) is 30.1 Å². The smallest absolute Gasteiger partial charge is 0.338 e. The van der Waals surface area contributed by atoms with Gasteiger partial charge in [-0.3, -0.25) is 9.59 Å². The van der Waals surface area contributed by atoms with Crippen LogP contribution in [0.3, 0.4) is 0 Å². The van der Waals surface area contributed by atoms with Crippen LogP contribution in [0.1, 0.15) is 22.3 Å². The molecule has 0 bridgehead atoms. The highest BCUT2D eigenvalue weighted by atomic mass is 32.2. The number of hydrogen-bond acceptors (Lipinski definition) is 6. The summed E-state index contributed by atoms with van der Waals surface area (Å²) >= 11 is 1.53. The molecule has 0 atom stereocenters. The standard InChI is InChI=1S/C19H15N3O4S/c20-10-12-2-1-3-14(8-12)21-18(24)11-26-19(25)13-4-5-16-15(9-13)22-17(23)6-7-27-16/h1-5,8-9H,6-7,11H2,(H,21,24)(H,22,23). The summed E-state index contributed by atoms with van der Waals surface area (Å²) in [5.74, 6) is -0.611. The largest absolute Gasteiger partial charge is 0.452 e. The van der Waals surface area contributed by atoms with Gasteiger partial charge in [0.05, 0.1) is 22.9 Å². The summed E-state index contributed by atoms with van der Waals surface area (Å²) in [6.45, 7) is -0.464. The number of carbonyl (C=O) groups excluding carboxylic acids is 3. The van der Waals surface area contributed by atoms with Gasteiger partial charge in [0, 0.05) is 22.8 Å². The van der Waals surface area contributed by atoms with Crippen LogP contribution in [0.25, 0.3) is 0 Å². The van der Waals surface area contributed by atoms with Crippen LogP contribution in [0.4, 0.5) is 11.4 Å². The van der Waals surface area contributed by atoms with Crippen LogP contribution in [0.2, 0.25) is 0 Å². The van der Waals surface area contributed by atoms with Crippen LogP contribution in [0.15, 0.2) is 47.4 Å². The van der Waals surface area contributed by atoms with E-state index >= 15 is 0 Å². The Balaban J connectivity index is 1.60. The fourth-order valence-electron chi connectivity index (χ4n) is 2.42. The highest BCUT2D eigenvalue weighted by Gasteiger charge is 2.17. The topological polar surface area (TPSA) is 108 Å². The number of rotatable bonds is 4. The van der Waals surface area contributed by atoms with E-state index in [1.54, 1.807) is 36.4 Å². The minimum absolute atomic E-state index is 0.106. The fraction of sp³-hybridized carbons (Fsp3) is 0.158. The van der Waals surface area contributed by atoms with Crippen molar-refractivity contribution in [3.8, 4) is 6.07 Å². The van der Waals surface area contributed by atoms with Gasteiger partial charge in [-0.25, -0.2) is 4.79 Å². The summed E-state index contributed by atoms with van der Waals surface area (Å²) in [5, 5.41) is 14.2. The van der Waals surface area contributed by atoms with Gasteiger partial charge in [-0.2, -0.15) is 5.26 Å². The monoisotopic (exact) mass is 381 g/mol. The van der Waals surface area contributed by atoms with E-state index in [0.29, 0.717) is 29.1 Å². The Bertz CT molecular complexity index is 952. The molecule has 2 aromatic rings. The van der Waals surface area contributed by atoms with E-state index in [9.17, 15) is 14.4 Å². The molecule has 2 aromatic carbocycles. The number of thioether (sulfide) groups is 1. The number of fused-ring (bicyclic) bond motifs is 1. The second-order valence-corrected chi connectivity index (χ2v) is 6.81. The predicted octanol–water partition coefficient (Wildman–Crippen LogP) is 2.79. The first-order chi connectivity index (χ1) is 13.0. The van der Waals surface area contributed by atoms with Gasteiger partial charge in [0.1, 0.15) is 0 Å². The van der Waals surface area contributed by atoms with E-state index in [1.807, 2.05) is 6.07 Å². The van der Waals surface area contributed by atoms with Gasteiger partial charge in [-0.1, -0.05) is 6.07 Å². The first kappa shape index (κ1) is 18.5. The highest BCUT2D eigenvalue weighted by molar-refractivity contribution is 7.99. The third kappa shape index (κ3) is 4.86. The van der Waals surface area contributed by atoms with Gasteiger partial charge in [0.15, 0.2) is 6.61 Å². The van der Waals surface area contributed by atoms with Crippen molar-refractivity contribution >= 4 is 40.9 Å². The molecule has 0 saturated heterocycles. The number of anilines is 2. The second-order valence-electron chi connectivity index (χ2n) is 5.67. The van der Waals surface area contributed by atoms with Crippen molar-refractivity contribution in [1.82, 2.24) is 0 Å². The molecule has 0 unspecified atom stereocenters. The molecule has 0 saturated carbocycles. The first-order valence-corrected chi connectivity index (χ1v) is 9.07. The Labute approximate surface area is 159 Å². The quantitative estimate of drug-likeness (QED) is 0.789. The highest BCUT2D eigenvalue weighted by Crippen LogP contribution is 2.31. The molecular weight excluding hydrogens is 366 g/mol. The molecule has 2 amide bonds. The van der Waals surface area contributed by atoms with Crippen molar-refractivity contribution in [2.75, 3.05) is 23.0 Å². The van der Waals surface area contributed by atoms with Crippen molar-refractivity contribution in [3.63, 3.8) is 0 Å².